The van der Waals surface area contributed by atoms with Gasteiger partial charge >= 0.3 is 35.5 Å². The minimum Gasteiger partial charge on any atom is -0.750 e. The van der Waals surface area contributed by atoms with Gasteiger partial charge in [0.05, 0.1) is 11.4 Å². The molecular weight excluding hydrogens is 253 g/mol. The largest absolute Gasteiger partial charge is 1.00 e. The van der Waals surface area contributed by atoms with Crippen LogP contribution in [0.15, 0.2) is 0 Å². The van der Waals surface area contributed by atoms with Gasteiger partial charge in [0.2, 0.25) is 0 Å². The average molecular weight is 262 g/mol. The van der Waals surface area contributed by atoms with Gasteiger partial charge in [-0.15, -0.1) is 12.4 Å². The maximum atomic E-state index is 9.76. The molecule has 4 N–H and O–H groups in total. The molecule has 10 heteroatoms. The van der Waals surface area contributed by atoms with E-state index in [0.717, 1.165) is 0 Å². The Bertz CT molecular complexity index is 146. The van der Waals surface area contributed by atoms with Gasteiger partial charge in [0.1, 0.15) is 6.04 Å². The first-order chi connectivity index (χ1) is 4.91. The SMILES string of the molecule is Cl.NC(CS)C(=O)O.O=S([O-])O.[Na+]. The monoisotopic (exact) mass is 261 g/mol. The summed E-state index contributed by atoms with van der Waals surface area (Å²) in [5.41, 5.74) is 4.94. The van der Waals surface area contributed by atoms with Gasteiger partial charge in [0, 0.05) is 5.75 Å². The quantitative estimate of drug-likeness (QED) is 0.229. The Morgan fingerprint density at radius 3 is 1.92 bits per heavy atom. The molecule has 0 rings (SSSR count). The third-order valence-electron chi connectivity index (χ3n) is 0.514. The Balaban J connectivity index is -0.0000000600. The fourth-order valence-corrected chi connectivity index (χ4v) is 0.234. The van der Waals surface area contributed by atoms with Gasteiger partial charge in [-0.25, -0.2) is 4.21 Å². The Kier molecular flexibility index (Phi) is 28.5. The number of carboxylic acids is 1. The summed E-state index contributed by atoms with van der Waals surface area (Å²) < 4.78 is 24.1. The molecule has 2 unspecified atom stereocenters. The van der Waals surface area contributed by atoms with Gasteiger partial charge in [-0.1, -0.05) is 0 Å². The number of thiol groups is 1. The summed E-state index contributed by atoms with van der Waals surface area (Å²) in [6.45, 7) is 0. The van der Waals surface area contributed by atoms with Crippen molar-refractivity contribution in [3.8, 4) is 0 Å². The molecule has 2 atom stereocenters. The number of nitrogens with two attached hydrogens (primary N) is 1. The molecule has 0 heterocycles. The zero-order valence-electron chi connectivity index (χ0n) is 6.74. The van der Waals surface area contributed by atoms with Crippen molar-refractivity contribution in [3.63, 3.8) is 0 Å². The van der Waals surface area contributed by atoms with Crippen LogP contribution in [0.4, 0.5) is 0 Å². The van der Waals surface area contributed by atoms with E-state index in [1.54, 1.807) is 0 Å². The summed E-state index contributed by atoms with van der Waals surface area (Å²) in [6, 6.07) is -0.816. The minimum atomic E-state index is -2.86. The first-order valence-electron chi connectivity index (χ1n) is 2.29. The van der Waals surface area contributed by atoms with Crippen molar-refractivity contribution in [2.24, 2.45) is 5.73 Å². The molecule has 0 aliphatic rings. The summed E-state index contributed by atoms with van der Waals surface area (Å²) >= 11 is 0.788. The number of carboxylic acid groups (broad SMARTS) is 1. The molecule has 0 aromatic carbocycles. The molecule has 0 aliphatic heterocycles. The molecule has 76 valence electrons. The average Bonchev–Trinajstić information content (AvgIpc) is 1.85. The molecule has 13 heavy (non-hydrogen) atoms. The summed E-state index contributed by atoms with van der Waals surface area (Å²) in [7, 11) is 0. The van der Waals surface area contributed by atoms with Crippen LogP contribution < -0.4 is 35.3 Å². The number of aliphatic carboxylic acids is 1. The molecule has 0 spiro atoms. The van der Waals surface area contributed by atoms with Gasteiger partial charge in [0.25, 0.3) is 0 Å². The Labute approximate surface area is 112 Å². The number of rotatable bonds is 2. The van der Waals surface area contributed by atoms with Crippen LogP contribution >= 0.6 is 25.0 Å². The summed E-state index contributed by atoms with van der Waals surface area (Å²) in [5, 5.41) is 8.01. The van der Waals surface area contributed by atoms with Crippen LogP contribution in [0.25, 0.3) is 0 Å². The van der Waals surface area contributed by atoms with Crippen molar-refractivity contribution in [3.05, 3.63) is 0 Å². The Morgan fingerprint density at radius 1 is 1.69 bits per heavy atom. The van der Waals surface area contributed by atoms with Crippen molar-refractivity contribution >= 4 is 42.4 Å². The van der Waals surface area contributed by atoms with E-state index in [9.17, 15) is 4.79 Å². The summed E-state index contributed by atoms with van der Waals surface area (Å²) in [4.78, 5) is 9.76. The number of halogens is 1. The first kappa shape index (κ1) is 23.7. The van der Waals surface area contributed by atoms with Crippen molar-refractivity contribution in [1.82, 2.24) is 0 Å². The minimum absolute atomic E-state index is 0. The summed E-state index contributed by atoms with van der Waals surface area (Å²) in [5.74, 6) is -0.815. The third kappa shape index (κ3) is 32.0. The van der Waals surface area contributed by atoms with E-state index < -0.39 is 23.4 Å². The van der Waals surface area contributed by atoms with E-state index >= 15 is 0 Å². The molecule has 0 fully saturated rings. The topological polar surface area (TPSA) is 124 Å². The van der Waals surface area contributed by atoms with Gasteiger partial charge in [-0.3, -0.25) is 4.79 Å². The van der Waals surface area contributed by atoms with E-state index in [0.29, 0.717) is 0 Å². The van der Waals surface area contributed by atoms with E-state index in [4.69, 9.17) is 24.2 Å². The number of hydrogen-bond acceptors (Lipinski definition) is 5. The van der Waals surface area contributed by atoms with Crippen LogP contribution in [-0.4, -0.2) is 36.2 Å². The number of carbonyl (C=O) groups is 1. The molecule has 0 bridgehead atoms. The van der Waals surface area contributed by atoms with Crippen LogP contribution in [0.1, 0.15) is 0 Å². The fourth-order valence-electron chi connectivity index (χ4n) is 0.0781. The van der Waals surface area contributed by atoms with Gasteiger partial charge < -0.3 is 19.9 Å². The van der Waals surface area contributed by atoms with Crippen LogP contribution in [0, 0.1) is 0 Å². The van der Waals surface area contributed by atoms with Crippen molar-refractivity contribution in [1.29, 1.82) is 0 Å². The van der Waals surface area contributed by atoms with Crippen LogP contribution in [-0.2, 0) is 16.2 Å². The predicted octanol–water partition coefficient (Wildman–Crippen LogP) is -3.91. The Hall–Kier alpha value is 1.14. The van der Waals surface area contributed by atoms with E-state index in [2.05, 4.69) is 12.6 Å². The number of hydrogen-bond donors (Lipinski definition) is 4. The maximum absolute atomic E-state index is 9.76. The van der Waals surface area contributed by atoms with E-state index in [1.165, 1.54) is 0 Å². The van der Waals surface area contributed by atoms with Gasteiger partial charge in [-0.2, -0.15) is 12.6 Å². The zero-order chi connectivity index (χ0) is 9.44. The zero-order valence-corrected chi connectivity index (χ0v) is 11.3. The Morgan fingerprint density at radius 2 is 1.92 bits per heavy atom. The molecule has 6 nitrogen and oxygen atoms in total. The third-order valence-corrected chi connectivity index (χ3v) is 0.907. The van der Waals surface area contributed by atoms with Crippen molar-refractivity contribution in [2.45, 2.75) is 6.04 Å². The summed E-state index contributed by atoms with van der Waals surface area (Å²) in [6.07, 6.45) is 0. The van der Waals surface area contributed by atoms with Gasteiger partial charge in [-0.05, 0) is 0 Å². The maximum Gasteiger partial charge on any atom is 1.00 e. The van der Waals surface area contributed by atoms with E-state index in [-0.39, 0.29) is 47.7 Å². The predicted molar refractivity (Wildman–Crippen MR) is 48.3 cm³/mol. The molecule has 0 saturated carbocycles. The normalized spacial score (nSPS) is 12.0. The first-order valence-corrected chi connectivity index (χ1v) is 3.95. The second-order valence-corrected chi connectivity index (χ2v) is 2.14. The van der Waals surface area contributed by atoms with E-state index in [1.807, 2.05) is 0 Å². The second-order valence-electron chi connectivity index (χ2n) is 1.34. The molecule has 0 radical (unpaired) electrons. The van der Waals surface area contributed by atoms with Crippen molar-refractivity contribution in [2.75, 3.05) is 5.75 Å². The molecule has 0 saturated heterocycles. The standard InChI is InChI=1S/C3H7NO2S.ClH.Na.H2O3S/c4-2(1-7)3(5)6;;;1-4(2)3/h2,7H,1,4H2,(H,5,6);1H;;(H2,1,2,3)/q;;+1;/p-1. The molecule has 0 amide bonds. The van der Waals surface area contributed by atoms with Crippen LogP contribution in [0.2, 0.25) is 0 Å². The van der Waals surface area contributed by atoms with Crippen LogP contribution in [0.3, 0.4) is 0 Å². The fraction of sp³-hybridized carbons (Fsp3) is 0.667. The van der Waals surface area contributed by atoms with Crippen molar-refractivity contribution < 1.29 is 52.8 Å². The van der Waals surface area contributed by atoms with Gasteiger partial charge in [0.15, 0.2) is 0 Å². The molecule has 0 aromatic rings. The molecule has 0 aliphatic carbocycles. The molecular formula is C3H9ClNNaO5S2. The van der Waals surface area contributed by atoms with Crippen LogP contribution in [0.5, 0.6) is 0 Å². The molecule has 0 aromatic heterocycles. The second kappa shape index (κ2) is 15.6. The smallest absolute Gasteiger partial charge is 0.750 e.